The second-order valence-corrected chi connectivity index (χ2v) is 8.42. The van der Waals surface area contributed by atoms with E-state index in [1.807, 2.05) is 47.8 Å². The quantitative estimate of drug-likeness (QED) is 0.513. The van der Waals surface area contributed by atoms with Crippen LogP contribution in [0.1, 0.15) is 25.3 Å². The molecule has 0 saturated carbocycles. The summed E-state index contributed by atoms with van der Waals surface area (Å²) in [7, 11) is 2.66. The van der Waals surface area contributed by atoms with E-state index in [0.717, 1.165) is 27.5 Å². The Bertz CT molecular complexity index is 1260. The zero-order valence-corrected chi connectivity index (χ0v) is 19.6. The Morgan fingerprint density at radius 3 is 2.42 bits per heavy atom. The van der Waals surface area contributed by atoms with E-state index in [1.165, 1.54) is 25.6 Å². The number of rotatable bonds is 5. The topological polar surface area (TPSA) is 90.7 Å². The van der Waals surface area contributed by atoms with Crippen LogP contribution < -0.4 is 0 Å². The van der Waals surface area contributed by atoms with Gasteiger partial charge in [0, 0.05) is 34.5 Å². The molecule has 8 heteroatoms. The van der Waals surface area contributed by atoms with Crippen molar-refractivity contribution >= 4 is 29.0 Å². The lowest BCUT2D eigenvalue weighted by Crippen LogP contribution is -2.36. The van der Waals surface area contributed by atoms with Crippen LogP contribution in [0.5, 0.6) is 0 Å². The van der Waals surface area contributed by atoms with Crippen LogP contribution in [-0.2, 0) is 19.1 Å². The van der Waals surface area contributed by atoms with Crippen molar-refractivity contribution in [3.05, 3.63) is 70.9 Å². The van der Waals surface area contributed by atoms with E-state index in [-0.39, 0.29) is 0 Å². The Morgan fingerprint density at radius 2 is 1.73 bits per heavy atom. The van der Waals surface area contributed by atoms with E-state index in [1.54, 1.807) is 20.0 Å². The van der Waals surface area contributed by atoms with Gasteiger partial charge in [-0.1, -0.05) is 30.3 Å². The number of aliphatic imine (C=N–C) groups is 1. The van der Waals surface area contributed by atoms with E-state index >= 15 is 0 Å². The molecule has 0 saturated heterocycles. The first-order valence-corrected chi connectivity index (χ1v) is 11.2. The van der Waals surface area contributed by atoms with Crippen LogP contribution in [0.2, 0.25) is 0 Å². The number of aromatic nitrogens is 2. The lowest BCUT2D eigenvalue weighted by Gasteiger charge is -2.32. The number of hydrogen-bond acceptors (Lipinski definition) is 8. The van der Waals surface area contributed by atoms with Crippen molar-refractivity contribution in [2.45, 2.75) is 19.8 Å². The standard InChI is InChI=1S/C25H23N3O4S/c1-14-20(24(29)31-3)22(21(15(2)27-14)25(30)32-4)16-9-5-6-10-17(16)23-28-19(13-33-23)18-11-7-8-12-26-18/h5-13,20,22H,1-4H3. The van der Waals surface area contributed by atoms with Gasteiger partial charge in [-0.3, -0.25) is 14.8 Å². The molecule has 2 aromatic heterocycles. The number of nitrogens with zero attached hydrogens (tertiary/aromatic N) is 3. The second kappa shape index (κ2) is 9.46. The highest BCUT2D eigenvalue weighted by atomic mass is 32.1. The van der Waals surface area contributed by atoms with Crippen LogP contribution in [-0.4, -0.2) is 41.8 Å². The molecule has 0 bridgehead atoms. The van der Waals surface area contributed by atoms with Crippen molar-refractivity contribution in [2.24, 2.45) is 10.9 Å². The fourth-order valence-electron chi connectivity index (χ4n) is 4.17. The van der Waals surface area contributed by atoms with Gasteiger partial charge >= 0.3 is 11.9 Å². The molecular weight excluding hydrogens is 438 g/mol. The second-order valence-electron chi connectivity index (χ2n) is 7.56. The van der Waals surface area contributed by atoms with Crippen LogP contribution in [0.25, 0.3) is 22.0 Å². The van der Waals surface area contributed by atoms with Gasteiger partial charge in [0.05, 0.1) is 25.5 Å². The third-order valence-electron chi connectivity index (χ3n) is 5.65. The maximum absolute atomic E-state index is 12.9. The van der Waals surface area contributed by atoms with Gasteiger partial charge < -0.3 is 9.47 Å². The number of methoxy groups -OCH3 is 2. The summed E-state index contributed by atoms with van der Waals surface area (Å²) in [6.07, 6.45) is 1.73. The maximum Gasteiger partial charge on any atom is 0.336 e. The number of pyridine rings is 1. The summed E-state index contributed by atoms with van der Waals surface area (Å²) in [4.78, 5) is 39.4. The van der Waals surface area contributed by atoms with Gasteiger partial charge in [-0.15, -0.1) is 11.3 Å². The Labute approximate surface area is 195 Å². The van der Waals surface area contributed by atoms with Crippen molar-refractivity contribution in [3.63, 3.8) is 0 Å². The van der Waals surface area contributed by atoms with Gasteiger partial charge in [-0.25, -0.2) is 9.78 Å². The van der Waals surface area contributed by atoms with E-state index in [9.17, 15) is 9.59 Å². The van der Waals surface area contributed by atoms with Crippen LogP contribution in [0.3, 0.4) is 0 Å². The number of hydrogen-bond donors (Lipinski definition) is 0. The van der Waals surface area contributed by atoms with Gasteiger partial charge in [0.25, 0.3) is 0 Å². The molecule has 0 spiro atoms. The molecule has 0 aliphatic carbocycles. The van der Waals surface area contributed by atoms with Crippen LogP contribution >= 0.6 is 11.3 Å². The predicted molar refractivity (Wildman–Crippen MR) is 127 cm³/mol. The van der Waals surface area contributed by atoms with E-state index in [4.69, 9.17) is 14.5 Å². The molecule has 2 atom stereocenters. The van der Waals surface area contributed by atoms with E-state index in [2.05, 4.69) is 9.98 Å². The Balaban J connectivity index is 1.89. The molecule has 2 unspecified atom stereocenters. The minimum atomic E-state index is -0.760. The van der Waals surface area contributed by atoms with Crippen molar-refractivity contribution in [1.82, 2.24) is 9.97 Å². The minimum absolute atomic E-state index is 0.340. The lowest BCUT2D eigenvalue weighted by molar-refractivity contribution is -0.143. The molecule has 3 aromatic rings. The minimum Gasteiger partial charge on any atom is -0.468 e. The monoisotopic (exact) mass is 461 g/mol. The molecule has 1 aliphatic heterocycles. The number of allylic oxidation sites excluding steroid dienone is 1. The molecule has 3 heterocycles. The van der Waals surface area contributed by atoms with Crippen molar-refractivity contribution in [1.29, 1.82) is 0 Å². The summed E-state index contributed by atoms with van der Waals surface area (Å²) < 4.78 is 10.2. The van der Waals surface area contributed by atoms with Crippen LogP contribution in [0.15, 0.2) is 70.3 Å². The first kappa shape index (κ1) is 22.5. The average Bonchev–Trinajstić information content (AvgIpc) is 3.33. The Morgan fingerprint density at radius 1 is 0.970 bits per heavy atom. The summed E-state index contributed by atoms with van der Waals surface area (Å²) in [5, 5.41) is 2.71. The summed E-state index contributed by atoms with van der Waals surface area (Å²) in [5.74, 6) is -2.37. The molecule has 4 rings (SSSR count). The number of esters is 2. The third kappa shape index (κ3) is 4.21. The first-order valence-electron chi connectivity index (χ1n) is 10.3. The smallest absolute Gasteiger partial charge is 0.336 e. The molecule has 1 aromatic carbocycles. The SMILES string of the molecule is COC(=O)C1=C(C)N=C(C)C(C(=O)OC)C1c1ccccc1-c1nc(-c2ccccn2)cs1. The Hall–Kier alpha value is -3.65. The predicted octanol–water partition coefficient (Wildman–Crippen LogP) is 4.67. The lowest BCUT2D eigenvalue weighted by atomic mass is 9.74. The number of benzene rings is 1. The summed E-state index contributed by atoms with van der Waals surface area (Å²) in [6, 6.07) is 13.3. The highest BCUT2D eigenvalue weighted by molar-refractivity contribution is 7.13. The van der Waals surface area contributed by atoms with Crippen molar-refractivity contribution in [3.8, 4) is 22.0 Å². The van der Waals surface area contributed by atoms with E-state index < -0.39 is 23.8 Å². The van der Waals surface area contributed by atoms with E-state index in [0.29, 0.717) is 17.0 Å². The van der Waals surface area contributed by atoms with Gasteiger partial charge in [0.1, 0.15) is 16.6 Å². The van der Waals surface area contributed by atoms with Crippen molar-refractivity contribution < 1.29 is 19.1 Å². The zero-order chi connectivity index (χ0) is 23.5. The molecular formula is C25H23N3O4S. The molecule has 0 N–H and O–H groups in total. The van der Waals surface area contributed by atoms with Gasteiger partial charge in [-0.2, -0.15) is 0 Å². The third-order valence-corrected chi connectivity index (χ3v) is 6.52. The molecule has 0 fully saturated rings. The van der Waals surface area contributed by atoms with Gasteiger partial charge in [0.2, 0.25) is 0 Å². The number of carbonyl (C=O) groups excluding carboxylic acids is 2. The maximum atomic E-state index is 12.9. The fourth-order valence-corrected chi connectivity index (χ4v) is 5.03. The molecule has 0 amide bonds. The zero-order valence-electron chi connectivity index (χ0n) is 18.7. The first-order chi connectivity index (χ1) is 16.0. The molecule has 33 heavy (non-hydrogen) atoms. The fraction of sp³-hybridized carbons (Fsp3) is 0.240. The normalized spacial score (nSPS) is 18.0. The molecule has 7 nitrogen and oxygen atoms in total. The summed E-state index contributed by atoms with van der Waals surface area (Å²) in [5.41, 5.74) is 4.59. The van der Waals surface area contributed by atoms with Crippen LogP contribution in [0.4, 0.5) is 0 Å². The summed E-state index contributed by atoms with van der Waals surface area (Å²) in [6.45, 7) is 3.53. The number of carbonyl (C=O) groups is 2. The van der Waals surface area contributed by atoms with Crippen molar-refractivity contribution in [2.75, 3.05) is 14.2 Å². The molecule has 168 valence electrons. The van der Waals surface area contributed by atoms with Gasteiger partial charge in [-0.05, 0) is 31.5 Å². The number of ether oxygens (including phenoxy) is 2. The number of thiazole rings is 1. The molecule has 1 aliphatic rings. The summed E-state index contributed by atoms with van der Waals surface area (Å²) >= 11 is 1.48. The highest BCUT2D eigenvalue weighted by Crippen LogP contribution is 2.44. The van der Waals surface area contributed by atoms with Crippen LogP contribution in [0, 0.1) is 5.92 Å². The van der Waals surface area contributed by atoms with Gasteiger partial charge in [0.15, 0.2) is 0 Å². The Kier molecular flexibility index (Phi) is 6.46. The highest BCUT2D eigenvalue weighted by Gasteiger charge is 2.43. The molecule has 0 radical (unpaired) electrons. The largest absolute Gasteiger partial charge is 0.468 e. The average molecular weight is 462 g/mol.